The van der Waals surface area contributed by atoms with Crippen molar-refractivity contribution in [1.82, 2.24) is 5.32 Å². The van der Waals surface area contributed by atoms with Crippen molar-refractivity contribution in [2.24, 2.45) is 0 Å². The molecule has 22 heavy (non-hydrogen) atoms. The number of benzene rings is 1. The van der Waals surface area contributed by atoms with Crippen LogP contribution in [0, 0.1) is 0 Å². The Balaban J connectivity index is 1.64. The van der Waals surface area contributed by atoms with Crippen molar-refractivity contribution < 1.29 is 14.6 Å². The molecule has 0 radical (unpaired) electrons. The zero-order valence-corrected chi connectivity index (χ0v) is 13.4. The molecule has 0 fully saturated rings. The van der Waals surface area contributed by atoms with E-state index in [0.29, 0.717) is 19.4 Å². The second-order valence-corrected chi connectivity index (χ2v) is 6.11. The molecule has 4 nitrogen and oxygen atoms in total. The van der Waals surface area contributed by atoms with Gasteiger partial charge < -0.3 is 15.2 Å². The summed E-state index contributed by atoms with van der Waals surface area (Å²) in [5.41, 5.74) is -0.207. The van der Waals surface area contributed by atoms with Crippen molar-refractivity contribution in [3.05, 3.63) is 52.7 Å². The summed E-state index contributed by atoms with van der Waals surface area (Å²) in [6.45, 7) is 2.41. The van der Waals surface area contributed by atoms with Crippen molar-refractivity contribution in [3.8, 4) is 5.75 Å². The number of amides is 1. The summed E-state index contributed by atoms with van der Waals surface area (Å²) in [6.07, 6.45) is 1.02. The van der Waals surface area contributed by atoms with Crippen molar-refractivity contribution in [1.29, 1.82) is 0 Å². The van der Waals surface area contributed by atoms with Crippen LogP contribution in [0.5, 0.6) is 5.75 Å². The Hall–Kier alpha value is -1.85. The summed E-state index contributed by atoms with van der Waals surface area (Å²) in [6, 6.07) is 11.4. The molecule has 2 aromatic rings. The molecule has 2 rings (SSSR count). The van der Waals surface area contributed by atoms with Gasteiger partial charge in [0, 0.05) is 6.42 Å². The predicted molar refractivity (Wildman–Crippen MR) is 88.1 cm³/mol. The standard InChI is InChI=1S/C17H21NO3S/c1-17(20,14-9-11-22-12-14)13-18-16(19)8-5-10-21-15-6-3-2-4-7-15/h2-4,6-7,9,11-12,20H,5,8,10,13H2,1H3,(H,18,19). The SMILES string of the molecule is CC(O)(CNC(=O)CCCOc1ccccc1)c1ccsc1. The van der Waals surface area contributed by atoms with Crippen LogP contribution in [0.3, 0.4) is 0 Å². The third-order valence-electron chi connectivity index (χ3n) is 3.33. The molecule has 0 saturated heterocycles. The van der Waals surface area contributed by atoms with Gasteiger partial charge in [-0.15, -0.1) is 0 Å². The minimum absolute atomic E-state index is 0.0767. The molecular weight excluding hydrogens is 298 g/mol. The van der Waals surface area contributed by atoms with Gasteiger partial charge in [-0.3, -0.25) is 4.79 Å². The van der Waals surface area contributed by atoms with Crippen LogP contribution in [0.4, 0.5) is 0 Å². The van der Waals surface area contributed by atoms with Crippen LogP contribution in [0.25, 0.3) is 0 Å². The first-order valence-electron chi connectivity index (χ1n) is 7.27. The number of para-hydroxylation sites is 1. The third-order valence-corrected chi connectivity index (χ3v) is 4.02. The fourth-order valence-electron chi connectivity index (χ4n) is 1.97. The van der Waals surface area contributed by atoms with E-state index < -0.39 is 5.60 Å². The van der Waals surface area contributed by atoms with E-state index in [1.165, 1.54) is 11.3 Å². The van der Waals surface area contributed by atoms with E-state index in [9.17, 15) is 9.90 Å². The monoisotopic (exact) mass is 319 g/mol. The van der Waals surface area contributed by atoms with E-state index in [2.05, 4.69) is 5.32 Å². The van der Waals surface area contributed by atoms with E-state index in [-0.39, 0.29) is 12.5 Å². The highest BCUT2D eigenvalue weighted by atomic mass is 32.1. The van der Waals surface area contributed by atoms with Crippen LogP contribution < -0.4 is 10.1 Å². The van der Waals surface area contributed by atoms with Gasteiger partial charge in [-0.1, -0.05) is 18.2 Å². The Kier molecular flexibility index (Phi) is 5.98. The molecule has 0 bridgehead atoms. The number of ether oxygens (including phenoxy) is 1. The van der Waals surface area contributed by atoms with Crippen LogP contribution in [-0.4, -0.2) is 24.2 Å². The lowest BCUT2D eigenvalue weighted by Gasteiger charge is -2.22. The Labute approximate surface area is 134 Å². The maximum Gasteiger partial charge on any atom is 0.220 e. The topological polar surface area (TPSA) is 58.6 Å². The van der Waals surface area contributed by atoms with E-state index in [1.807, 2.05) is 47.2 Å². The maximum absolute atomic E-state index is 11.8. The van der Waals surface area contributed by atoms with Gasteiger partial charge >= 0.3 is 0 Å². The molecule has 1 unspecified atom stereocenters. The first-order chi connectivity index (χ1) is 10.6. The Morgan fingerprint density at radius 3 is 2.77 bits per heavy atom. The number of hydrogen-bond acceptors (Lipinski definition) is 4. The number of carbonyl (C=O) groups excluding carboxylic acids is 1. The molecule has 1 atom stereocenters. The van der Waals surface area contributed by atoms with Gasteiger partial charge in [0.2, 0.25) is 5.91 Å². The van der Waals surface area contributed by atoms with Crippen LogP contribution >= 0.6 is 11.3 Å². The molecule has 1 aromatic heterocycles. The first kappa shape index (κ1) is 16.5. The molecular formula is C17H21NO3S. The van der Waals surface area contributed by atoms with E-state index in [1.54, 1.807) is 6.92 Å². The number of nitrogens with one attached hydrogen (secondary N) is 1. The quantitative estimate of drug-likeness (QED) is 0.736. The van der Waals surface area contributed by atoms with Crippen LogP contribution in [0.1, 0.15) is 25.3 Å². The number of carbonyl (C=O) groups is 1. The summed E-state index contributed by atoms with van der Waals surface area (Å²) >= 11 is 1.53. The van der Waals surface area contributed by atoms with Gasteiger partial charge in [0.1, 0.15) is 11.4 Å². The van der Waals surface area contributed by atoms with Gasteiger partial charge in [0.05, 0.1) is 13.2 Å². The fourth-order valence-corrected chi connectivity index (χ4v) is 2.75. The maximum atomic E-state index is 11.8. The summed E-state index contributed by atoms with van der Waals surface area (Å²) in [5, 5.41) is 16.9. The third kappa shape index (κ3) is 5.16. The molecule has 0 saturated carbocycles. The zero-order chi connectivity index (χ0) is 15.8. The normalized spacial score (nSPS) is 13.4. The Bertz CT molecular complexity index is 567. The molecule has 0 aliphatic heterocycles. The van der Waals surface area contributed by atoms with Crippen molar-refractivity contribution in [2.75, 3.05) is 13.2 Å². The second-order valence-electron chi connectivity index (χ2n) is 5.33. The van der Waals surface area contributed by atoms with E-state index in [4.69, 9.17) is 4.74 Å². The van der Waals surface area contributed by atoms with E-state index in [0.717, 1.165) is 11.3 Å². The average Bonchev–Trinajstić information content (AvgIpc) is 3.06. The zero-order valence-electron chi connectivity index (χ0n) is 12.6. The lowest BCUT2D eigenvalue weighted by molar-refractivity contribution is -0.122. The molecule has 1 aromatic carbocycles. The minimum Gasteiger partial charge on any atom is -0.494 e. The van der Waals surface area contributed by atoms with Crippen LogP contribution in [0.2, 0.25) is 0 Å². The minimum atomic E-state index is -1.03. The number of thiophene rings is 1. The van der Waals surface area contributed by atoms with Gasteiger partial charge in [-0.05, 0) is 47.9 Å². The highest BCUT2D eigenvalue weighted by molar-refractivity contribution is 7.08. The largest absolute Gasteiger partial charge is 0.494 e. The lowest BCUT2D eigenvalue weighted by Crippen LogP contribution is -2.38. The Morgan fingerprint density at radius 2 is 2.09 bits per heavy atom. The summed E-state index contributed by atoms with van der Waals surface area (Å²) in [7, 11) is 0. The predicted octanol–water partition coefficient (Wildman–Crippen LogP) is 2.93. The molecule has 0 spiro atoms. The van der Waals surface area contributed by atoms with Gasteiger partial charge in [0.15, 0.2) is 0 Å². The molecule has 1 amide bonds. The Morgan fingerprint density at radius 1 is 1.32 bits per heavy atom. The van der Waals surface area contributed by atoms with Crippen LogP contribution in [-0.2, 0) is 10.4 Å². The van der Waals surface area contributed by atoms with Crippen molar-refractivity contribution >= 4 is 17.2 Å². The van der Waals surface area contributed by atoms with Gasteiger partial charge in [-0.2, -0.15) is 11.3 Å². The smallest absolute Gasteiger partial charge is 0.220 e. The highest BCUT2D eigenvalue weighted by Crippen LogP contribution is 2.22. The number of aliphatic hydroxyl groups is 1. The molecule has 5 heteroatoms. The molecule has 1 heterocycles. The van der Waals surface area contributed by atoms with Crippen LogP contribution in [0.15, 0.2) is 47.2 Å². The molecule has 2 N–H and O–H groups in total. The number of rotatable bonds is 8. The summed E-state index contributed by atoms with van der Waals surface area (Å²) < 4.78 is 5.53. The average molecular weight is 319 g/mol. The van der Waals surface area contributed by atoms with Crippen molar-refractivity contribution in [2.45, 2.75) is 25.4 Å². The first-order valence-corrected chi connectivity index (χ1v) is 8.22. The van der Waals surface area contributed by atoms with Gasteiger partial charge in [0.25, 0.3) is 0 Å². The molecule has 0 aliphatic carbocycles. The van der Waals surface area contributed by atoms with E-state index >= 15 is 0 Å². The molecule has 0 aliphatic rings. The van der Waals surface area contributed by atoms with Gasteiger partial charge in [-0.25, -0.2) is 0 Å². The summed E-state index contributed by atoms with van der Waals surface area (Å²) in [4.78, 5) is 11.8. The van der Waals surface area contributed by atoms with Crippen molar-refractivity contribution in [3.63, 3.8) is 0 Å². The second kappa shape index (κ2) is 7.96. The number of hydrogen-bond donors (Lipinski definition) is 2. The highest BCUT2D eigenvalue weighted by Gasteiger charge is 2.23. The lowest BCUT2D eigenvalue weighted by atomic mass is 9.99. The summed E-state index contributed by atoms with van der Waals surface area (Å²) in [5.74, 6) is 0.732. The molecule has 118 valence electrons. The fraction of sp³-hybridized carbons (Fsp3) is 0.353.